The zero-order chi connectivity index (χ0) is 79.6. The minimum atomic E-state index is -2.01. The lowest BCUT2D eigenvalue weighted by Crippen LogP contribution is -2.59. The number of aliphatic carboxylic acids is 5. The van der Waals surface area contributed by atoms with Gasteiger partial charge in [-0.3, -0.25) is 86.5 Å². The minimum Gasteiger partial charge on any atom is -0.508 e. The van der Waals surface area contributed by atoms with Crippen molar-refractivity contribution in [1.82, 2.24) is 63.8 Å². The number of carboxylic acids is 5. The first-order chi connectivity index (χ1) is 49.3. The summed E-state index contributed by atoms with van der Waals surface area (Å²) in [5, 5.41) is 84.8. The van der Waals surface area contributed by atoms with Crippen LogP contribution in [0.2, 0.25) is 0 Å². The second-order valence-electron chi connectivity index (χ2n) is 24.4. The first kappa shape index (κ1) is 92.0. The molecule has 586 valence electrons. The molecule has 0 fully saturated rings. The summed E-state index contributed by atoms with van der Waals surface area (Å²) in [4.78, 5) is 238. The third-order valence-corrected chi connectivity index (χ3v) is 15.6. The molecule has 11 atom stereocenters. The Morgan fingerprint density at radius 1 is 0.448 bits per heavy atom. The molecule has 0 heterocycles. The lowest BCUT2D eigenvalue weighted by Gasteiger charge is -2.26. The van der Waals surface area contributed by atoms with Gasteiger partial charge < -0.3 is 123 Å². The number of primary amides is 1. The fourth-order valence-corrected chi connectivity index (χ4v) is 9.98. The number of aliphatic imine (C=N–C) groups is 1. The number of unbranched alkanes of at least 4 members (excludes halogenated alkanes) is 1. The van der Waals surface area contributed by atoms with Gasteiger partial charge in [-0.05, 0) is 113 Å². The maximum atomic E-state index is 14.3. The Hall–Kier alpha value is -11.0. The average molecular weight is 1510 g/mol. The molecular weight excluding hydrogens is 1410 g/mol. The number of rotatable bonds is 53. The van der Waals surface area contributed by atoms with Gasteiger partial charge in [0.15, 0.2) is 5.96 Å². The zero-order valence-corrected chi connectivity index (χ0v) is 59.2. The number of hydrogen-bond donors (Lipinski definition) is 23. The van der Waals surface area contributed by atoms with Crippen LogP contribution in [-0.2, 0) is 92.7 Å². The topological polar surface area (TPSA) is 715 Å². The highest BCUT2D eigenvalue weighted by atomic mass is 32.2. The highest BCUT2D eigenvalue weighted by Crippen LogP contribution is 2.14. The number of hydrogen-bond acceptors (Lipinski definition) is 23. The number of amides is 13. The minimum absolute atomic E-state index is 0.0612. The number of thioether (sulfide) groups is 1. The second-order valence-corrected chi connectivity index (χ2v) is 25.3. The van der Waals surface area contributed by atoms with E-state index in [4.69, 9.17) is 33.8 Å². The zero-order valence-electron chi connectivity index (χ0n) is 58.4. The molecule has 105 heavy (non-hydrogen) atoms. The van der Waals surface area contributed by atoms with Crippen molar-refractivity contribution in [3.8, 4) is 5.75 Å². The molecule has 0 spiro atoms. The Morgan fingerprint density at radius 2 is 0.848 bits per heavy atom. The summed E-state index contributed by atoms with van der Waals surface area (Å²) in [5.74, 6) is -22.3. The molecule has 43 heteroatoms. The van der Waals surface area contributed by atoms with E-state index in [1.54, 1.807) is 20.1 Å². The molecule has 0 aliphatic heterocycles. The quantitative estimate of drug-likeness (QED) is 0.0164. The Kier molecular flexibility index (Phi) is 42.8. The van der Waals surface area contributed by atoms with Crippen LogP contribution >= 0.6 is 11.8 Å². The molecule has 0 aromatic heterocycles. The largest absolute Gasteiger partial charge is 0.508 e. The summed E-state index contributed by atoms with van der Waals surface area (Å²) >= 11 is 1.23. The predicted molar refractivity (Wildman–Crippen MR) is 370 cm³/mol. The van der Waals surface area contributed by atoms with Gasteiger partial charge in [0.2, 0.25) is 76.8 Å². The molecular formula is C62H98N18O24S. The smallest absolute Gasteiger partial charge is 0.326 e. The van der Waals surface area contributed by atoms with Crippen molar-refractivity contribution in [3.63, 3.8) is 0 Å². The molecule has 13 amide bonds. The number of carboxylic acid groups (broad SMARTS) is 5. The van der Waals surface area contributed by atoms with Crippen molar-refractivity contribution >= 4 is 124 Å². The van der Waals surface area contributed by atoms with Gasteiger partial charge in [-0.15, -0.1) is 0 Å². The SMILES string of the molecule is CSCC[C@H](NC(=O)[C@H](CCC(N)=O)NC(=O)CNC(=O)[C@H](CCC(=O)O)NC(=O)[C@H](CCCN=C(N)N)NC(=O)[C@H](CCCCN)NC(=O)[C@H](CC(=O)O)NC(=O)CNC(=O)[C@H](Cc1ccc(O)cc1)NC(=O)[C@H](CC(=O)O)NC(=O)[C@@H](N)CC(C)C)C(=O)N[C@@H](C)C(=O)N[C@@H](CCC(=O)O)C(=O)O. The molecule has 0 radical (unpaired) electrons. The van der Waals surface area contributed by atoms with Gasteiger partial charge in [-0.2, -0.15) is 11.8 Å². The van der Waals surface area contributed by atoms with Crippen LogP contribution in [0.15, 0.2) is 29.3 Å². The van der Waals surface area contributed by atoms with Gasteiger partial charge in [0.05, 0.1) is 32.0 Å². The summed E-state index contributed by atoms with van der Waals surface area (Å²) < 4.78 is 0. The lowest BCUT2D eigenvalue weighted by molar-refractivity contribution is -0.144. The van der Waals surface area contributed by atoms with E-state index in [0.717, 1.165) is 0 Å². The van der Waals surface area contributed by atoms with E-state index < -0.39 is 238 Å². The number of nitrogens with two attached hydrogens (primary N) is 5. The number of aromatic hydroxyl groups is 1. The van der Waals surface area contributed by atoms with E-state index in [9.17, 15) is 112 Å². The summed E-state index contributed by atoms with van der Waals surface area (Å²) in [6, 6.07) is -12.7. The number of carbonyl (C=O) groups excluding carboxylic acids is 13. The predicted octanol–water partition coefficient (Wildman–Crippen LogP) is -7.63. The molecule has 0 aliphatic rings. The molecule has 1 aromatic carbocycles. The maximum Gasteiger partial charge on any atom is 0.326 e. The molecule has 1 rings (SSSR count). The Morgan fingerprint density at radius 3 is 1.30 bits per heavy atom. The summed E-state index contributed by atoms with van der Waals surface area (Å²) in [7, 11) is 0. The van der Waals surface area contributed by atoms with Crippen LogP contribution in [0.4, 0.5) is 0 Å². The highest BCUT2D eigenvalue weighted by Gasteiger charge is 2.36. The van der Waals surface area contributed by atoms with Crippen LogP contribution in [0.25, 0.3) is 0 Å². The van der Waals surface area contributed by atoms with Crippen molar-refractivity contribution in [2.45, 2.75) is 190 Å². The van der Waals surface area contributed by atoms with Gasteiger partial charge in [0.1, 0.15) is 66.2 Å². The van der Waals surface area contributed by atoms with E-state index in [2.05, 4.69) is 68.8 Å². The fraction of sp³-hybridized carbons (Fsp3) is 0.597. The van der Waals surface area contributed by atoms with Crippen LogP contribution < -0.4 is 92.5 Å². The van der Waals surface area contributed by atoms with Crippen molar-refractivity contribution < 1.29 is 117 Å². The van der Waals surface area contributed by atoms with E-state index in [-0.39, 0.29) is 87.8 Å². The van der Waals surface area contributed by atoms with Gasteiger partial charge in [0.25, 0.3) is 0 Å². The van der Waals surface area contributed by atoms with Gasteiger partial charge >= 0.3 is 29.8 Å². The van der Waals surface area contributed by atoms with Crippen LogP contribution in [0.1, 0.15) is 123 Å². The van der Waals surface area contributed by atoms with Gasteiger partial charge in [-0.1, -0.05) is 26.0 Å². The molecule has 42 nitrogen and oxygen atoms in total. The summed E-state index contributed by atoms with van der Waals surface area (Å²) in [5.41, 5.74) is 28.3. The van der Waals surface area contributed by atoms with Crippen LogP contribution in [0.3, 0.4) is 0 Å². The molecule has 0 bridgehead atoms. The molecule has 0 unspecified atom stereocenters. The van der Waals surface area contributed by atoms with E-state index in [1.807, 2.05) is 0 Å². The molecule has 0 saturated heterocycles. The number of nitrogens with zero attached hydrogens (tertiary/aromatic N) is 1. The van der Waals surface area contributed by atoms with Crippen molar-refractivity contribution in [3.05, 3.63) is 29.8 Å². The number of phenolic OH excluding ortho intramolecular Hbond substituents is 1. The van der Waals surface area contributed by atoms with Crippen molar-refractivity contribution in [2.24, 2.45) is 39.6 Å². The average Bonchev–Trinajstić information content (AvgIpc) is 0.869. The van der Waals surface area contributed by atoms with E-state index in [1.165, 1.54) is 43.0 Å². The third kappa shape index (κ3) is 39.3. The number of carbonyl (C=O) groups is 18. The molecule has 28 N–H and O–H groups in total. The Balaban J connectivity index is 3.53. The fourth-order valence-electron chi connectivity index (χ4n) is 9.50. The standard InChI is InChI=1S/C62H98N18O24S/c1-30(2)24-34(64)52(94)79-43(27-50(91)92)60(102)80-41(25-32-10-12-33(81)13-11-32)54(96)70-29-46(84)73-42(26-49(89)90)59(101)75-35(8-5-6-21-63)56(98)74-36(9-7-22-68-62(66)67)57(99)76-37(15-18-47(85)86)53(95)69-28-45(83)72-38(14-17-44(65)82)58(100)77-39(20-23-105-4)55(97)71-31(3)51(93)78-40(61(103)104)16-19-48(87)88/h10-13,30-31,34-43,81H,5-9,14-29,63-64H2,1-4H3,(H2,65,82)(H,69,95)(H,70,96)(H,71,97)(H,72,83)(H,73,84)(H,74,98)(H,75,101)(H,76,99)(H,77,100)(H,78,93)(H,79,94)(H,80,102)(H,85,86)(H,87,88)(H,89,90)(H,91,92)(H,103,104)(H4,66,67,68)/t31-,34-,35-,36-,37-,38-,39-,40-,41-,42-,43-/m0/s1. The third-order valence-electron chi connectivity index (χ3n) is 15.0. The Bertz CT molecular complexity index is 3230. The van der Waals surface area contributed by atoms with E-state index >= 15 is 0 Å². The molecule has 0 aliphatic carbocycles. The van der Waals surface area contributed by atoms with Crippen molar-refractivity contribution in [2.75, 3.05) is 38.2 Å². The first-order valence-electron chi connectivity index (χ1n) is 33.0. The maximum absolute atomic E-state index is 14.3. The van der Waals surface area contributed by atoms with Crippen LogP contribution in [-0.4, -0.2) is 248 Å². The number of guanidine groups is 1. The first-order valence-corrected chi connectivity index (χ1v) is 34.4. The van der Waals surface area contributed by atoms with Crippen LogP contribution in [0.5, 0.6) is 5.75 Å². The summed E-state index contributed by atoms with van der Waals surface area (Å²) in [6.07, 6.45) is -4.74. The highest BCUT2D eigenvalue weighted by molar-refractivity contribution is 7.98. The number of benzene rings is 1. The van der Waals surface area contributed by atoms with E-state index in [0.29, 0.717) is 5.56 Å². The summed E-state index contributed by atoms with van der Waals surface area (Å²) in [6.45, 7) is 2.57. The Labute approximate surface area is 606 Å². The molecule has 1 aromatic rings. The molecule has 0 saturated carbocycles. The lowest BCUT2D eigenvalue weighted by atomic mass is 10.0. The number of phenols is 1. The van der Waals surface area contributed by atoms with Crippen LogP contribution in [0, 0.1) is 5.92 Å². The normalized spacial score (nSPS) is 14.0. The van der Waals surface area contributed by atoms with Gasteiger partial charge in [-0.25, -0.2) is 4.79 Å². The number of nitrogens with one attached hydrogen (secondary N) is 12. The monoisotopic (exact) mass is 1510 g/mol. The van der Waals surface area contributed by atoms with Gasteiger partial charge in [0, 0.05) is 32.2 Å². The van der Waals surface area contributed by atoms with Crippen molar-refractivity contribution in [1.29, 1.82) is 0 Å². The second kappa shape index (κ2) is 48.8.